The fourth-order valence-corrected chi connectivity index (χ4v) is 3.11. The van der Waals surface area contributed by atoms with Crippen LogP contribution in [0.3, 0.4) is 0 Å². The lowest BCUT2D eigenvalue weighted by molar-refractivity contribution is 0.0446. The van der Waals surface area contributed by atoms with Crippen LogP contribution in [0.25, 0.3) is 0 Å². The number of rotatable bonds is 4. The van der Waals surface area contributed by atoms with E-state index in [2.05, 4.69) is 41.4 Å². The van der Waals surface area contributed by atoms with Crippen LogP contribution >= 0.6 is 0 Å². The predicted octanol–water partition coefficient (Wildman–Crippen LogP) is 2.95. The van der Waals surface area contributed by atoms with Gasteiger partial charge in [0.1, 0.15) is 0 Å². The molecule has 0 amide bonds. The zero-order valence-corrected chi connectivity index (χ0v) is 12.5. The molecule has 1 aromatic rings. The van der Waals surface area contributed by atoms with Gasteiger partial charge >= 0.3 is 0 Å². The molecule has 1 N–H and O–H groups in total. The van der Waals surface area contributed by atoms with Gasteiger partial charge in [0.05, 0.1) is 0 Å². The molecule has 0 bridgehead atoms. The normalized spacial score (nSPS) is 22.1. The first-order valence-electron chi connectivity index (χ1n) is 7.92. The van der Waals surface area contributed by atoms with Gasteiger partial charge in [-0.3, -0.25) is 0 Å². The lowest BCUT2D eigenvalue weighted by atomic mass is 9.92. The van der Waals surface area contributed by atoms with Crippen LogP contribution in [0.1, 0.15) is 38.2 Å². The van der Waals surface area contributed by atoms with Crippen LogP contribution in [0.15, 0.2) is 24.3 Å². The molecule has 110 valence electrons. The van der Waals surface area contributed by atoms with E-state index in [-0.39, 0.29) is 5.54 Å². The van der Waals surface area contributed by atoms with Crippen molar-refractivity contribution < 1.29 is 4.74 Å². The standard InChI is InChI=1S/C17H26N2O/c1-17(8-12-20-13-9-17)18-14-15-4-6-16(7-5-15)19-10-2-3-11-19/h4-7,18H,2-3,8-14H2,1H3. The van der Waals surface area contributed by atoms with E-state index >= 15 is 0 Å². The Morgan fingerprint density at radius 3 is 2.40 bits per heavy atom. The summed E-state index contributed by atoms with van der Waals surface area (Å²) in [6.07, 6.45) is 4.89. The zero-order chi connectivity index (χ0) is 13.8. The smallest absolute Gasteiger partial charge is 0.0483 e. The van der Waals surface area contributed by atoms with Crippen LogP contribution < -0.4 is 10.2 Å². The molecule has 0 spiro atoms. The molecule has 20 heavy (non-hydrogen) atoms. The minimum atomic E-state index is 0.242. The summed E-state index contributed by atoms with van der Waals surface area (Å²) >= 11 is 0. The zero-order valence-electron chi connectivity index (χ0n) is 12.5. The molecule has 0 aliphatic carbocycles. The summed E-state index contributed by atoms with van der Waals surface area (Å²) in [5.41, 5.74) is 3.00. The Hall–Kier alpha value is -1.06. The van der Waals surface area contributed by atoms with Gasteiger partial charge < -0.3 is 15.0 Å². The molecule has 3 heteroatoms. The Kier molecular flexibility index (Phi) is 4.27. The van der Waals surface area contributed by atoms with Crippen LogP contribution in [0.4, 0.5) is 5.69 Å². The van der Waals surface area contributed by atoms with Gasteiger partial charge in [-0.15, -0.1) is 0 Å². The Bertz CT molecular complexity index is 417. The fraction of sp³-hybridized carbons (Fsp3) is 0.647. The number of ether oxygens (including phenoxy) is 1. The molecule has 2 aliphatic rings. The van der Waals surface area contributed by atoms with Crippen LogP contribution in [0, 0.1) is 0 Å². The SMILES string of the molecule is CC1(NCc2ccc(N3CCCC3)cc2)CCOCC1. The van der Waals surface area contributed by atoms with Gasteiger partial charge in [-0.1, -0.05) is 12.1 Å². The second-order valence-electron chi connectivity index (χ2n) is 6.39. The van der Waals surface area contributed by atoms with E-state index in [0.717, 1.165) is 32.6 Å². The van der Waals surface area contributed by atoms with Gasteiger partial charge in [0.15, 0.2) is 0 Å². The molecule has 3 nitrogen and oxygen atoms in total. The summed E-state index contributed by atoms with van der Waals surface area (Å²) in [7, 11) is 0. The van der Waals surface area contributed by atoms with E-state index < -0.39 is 0 Å². The van der Waals surface area contributed by atoms with Crippen molar-refractivity contribution in [2.45, 2.75) is 44.7 Å². The molecular formula is C17H26N2O. The predicted molar refractivity (Wildman–Crippen MR) is 83.2 cm³/mol. The molecule has 0 radical (unpaired) electrons. The molecular weight excluding hydrogens is 248 g/mol. The molecule has 2 saturated heterocycles. The lowest BCUT2D eigenvalue weighted by Crippen LogP contribution is -2.46. The number of hydrogen-bond acceptors (Lipinski definition) is 3. The molecule has 2 aliphatic heterocycles. The van der Waals surface area contributed by atoms with Crippen molar-refractivity contribution in [2.24, 2.45) is 0 Å². The lowest BCUT2D eigenvalue weighted by Gasteiger charge is -2.34. The first-order valence-corrected chi connectivity index (χ1v) is 7.92. The van der Waals surface area contributed by atoms with Gasteiger partial charge in [-0.25, -0.2) is 0 Å². The van der Waals surface area contributed by atoms with E-state index in [1.54, 1.807) is 0 Å². The Labute approximate surface area is 122 Å². The largest absolute Gasteiger partial charge is 0.381 e. The number of benzene rings is 1. The molecule has 1 aromatic carbocycles. The Morgan fingerprint density at radius 2 is 1.75 bits per heavy atom. The van der Waals surface area contributed by atoms with Crippen LogP contribution in [0.5, 0.6) is 0 Å². The molecule has 3 rings (SSSR count). The molecule has 0 unspecified atom stereocenters. The molecule has 0 atom stereocenters. The Morgan fingerprint density at radius 1 is 1.10 bits per heavy atom. The van der Waals surface area contributed by atoms with E-state index in [1.165, 1.54) is 37.2 Å². The first-order chi connectivity index (χ1) is 9.75. The highest BCUT2D eigenvalue weighted by Gasteiger charge is 2.26. The topological polar surface area (TPSA) is 24.5 Å². The Balaban J connectivity index is 1.55. The van der Waals surface area contributed by atoms with Crippen molar-refractivity contribution in [1.82, 2.24) is 5.32 Å². The first kappa shape index (κ1) is 13.9. The van der Waals surface area contributed by atoms with Crippen molar-refractivity contribution in [3.05, 3.63) is 29.8 Å². The summed E-state index contributed by atoms with van der Waals surface area (Å²) in [4.78, 5) is 2.48. The molecule has 2 heterocycles. The van der Waals surface area contributed by atoms with Gasteiger partial charge in [-0.05, 0) is 50.3 Å². The van der Waals surface area contributed by atoms with E-state index in [0.29, 0.717) is 0 Å². The maximum atomic E-state index is 5.44. The second kappa shape index (κ2) is 6.15. The van der Waals surface area contributed by atoms with Gasteiger partial charge in [0.25, 0.3) is 0 Å². The third-order valence-electron chi connectivity index (χ3n) is 4.72. The average molecular weight is 274 g/mol. The van der Waals surface area contributed by atoms with E-state index in [4.69, 9.17) is 4.74 Å². The van der Waals surface area contributed by atoms with Gasteiger partial charge in [0, 0.05) is 44.1 Å². The number of hydrogen-bond donors (Lipinski definition) is 1. The third kappa shape index (κ3) is 3.33. The summed E-state index contributed by atoms with van der Waals surface area (Å²) < 4.78 is 5.44. The minimum Gasteiger partial charge on any atom is -0.381 e. The highest BCUT2D eigenvalue weighted by molar-refractivity contribution is 5.48. The van der Waals surface area contributed by atoms with Crippen molar-refractivity contribution in [3.8, 4) is 0 Å². The summed E-state index contributed by atoms with van der Waals surface area (Å²) in [6, 6.07) is 9.08. The maximum absolute atomic E-state index is 5.44. The highest BCUT2D eigenvalue weighted by Crippen LogP contribution is 2.22. The van der Waals surface area contributed by atoms with Crippen molar-refractivity contribution in [1.29, 1.82) is 0 Å². The van der Waals surface area contributed by atoms with E-state index in [1.807, 2.05) is 0 Å². The summed E-state index contributed by atoms with van der Waals surface area (Å²) in [5.74, 6) is 0. The molecule has 0 aromatic heterocycles. The third-order valence-corrected chi connectivity index (χ3v) is 4.72. The summed E-state index contributed by atoms with van der Waals surface area (Å²) in [5, 5.41) is 3.71. The van der Waals surface area contributed by atoms with Crippen LogP contribution in [0.2, 0.25) is 0 Å². The number of anilines is 1. The van der Waals surface area contributed by atoms with Crippen LogP contribution in [-0.4, -0.2) is 31.8 Å². The molecule has 0 saturated carbocycles. The van der Waals surface area contributed by atoms with Crippen molar-refractivity contribution in [3.63, 3.8) is 0 Å². The number of nitrogens with zero attached hydrogens (tertiary/aromatic N) is 1. The second-order valence-corrected chi connectivity index (χ2v) is 6.39. The van der Waals surface area contributed by atoms with Crippen molar-refractivity contribution >= 4 is 5.69 Å². The quantitative estimate of drug-likeness (QED) is 0.913. The fourth-order valence-electron chi connectivity index (χ4n) is 3.11. The minimum absolute atomic E-state index is 0.242. The van der Waals surface area contributed by atoms with Gasteiger partial charge in [0.2, 0.25) is 0 Å². The van der Waals surface area contributed by atoms with Crippen LogP contribution in [-0.2, 0) is 11.3 Å². The van der Waals surface area contributed by atoms with E-state index in [9.17, 15) is 0 Å². The highest BCUT2D eigenvalue weighted by atomic mass is 16.5. The average Bonchev–Trinajstić information content (AvgIpc) is 3.01. The van der Waals surface area contributed by atoms with Crippen molar-refractivity contribution in [2.75, 3.05) is 31.2 Å². The maximum Gasteiger partial charge on any atom is 0.0483 e. The number of nitrogens with one attached hydrogen (secondary N) is 1. The van der Waals surface area contributed by atoms with Gasteiger partial charge in [-0.2, -0.15) is 0 Å². The monoisotopic (exact) mass is 274 g/mol. The summed E-state index contributed by atoms with van der Waals surface area (Å²) in [6.45, 7) is 7.48. The molecule has 2 fully saturated rings.